The first-order valence-corrected chi connectivity index (χ1v) is 7.53. The van der Waals surface area contributed by atoms with E-state index in [1.165, 1.54) is 6.92 Å². The zero-order valence-electron chi connectivity index (χ0n) is 12.3. The van der Waals surface area contributed by atoms with Crippen molar-refractivity contribution in [3.05, 3.63) is 34.9 Å². The van der Waals surface area contributed by atoms with Gasteiger partial charge in [0.1, 0.15) is 0 Å². The number of nitrogens with one attached hydrogen (secondary N) is 2. The summed E-state index contributed by atoms with van der Waals surface area (Å²) < 4.78 is 0. The molecular formula is C16H21N3O2. The van der Waals surface area contributed by atoms with E-state index in [0.717, 1.165) is 42.6 Å². The molecule has 112 valence electrons. The molecule has 1 aromatic carbocycles. The average molecular weight is 287 g/mol. The van der Waals surface area contributed by atoms with Crippen LogP contribution in [0.25, 0.3) is 0 Å². The maximum atomic E-state index is 12.5. The number of amides is 2. The van der Waals surface area contributed by atoms with Gasteiger partial charge in [-0.2, -0.15) is 0 Å². The first-order valence-electron chi connectivity index (χ1n) is 7.53. The molecule has 3 rings (SSSR count). The predicted molar refractivity (Wildman–Crippen MR) is 79.7 cm³/mol. The van der Waals surface area contributed by atoms with Crippen molar-refractivity contribution >= 4 is 11.8 Å². The average Bonchev–Trinajstić information content (AvgIpc) is 2.83. The molecule has 2 heterocycles. The molecule has 1 atom stereocenters. The normalized spacial score (nSPS) is 21.3. The molecule has 2 aliphatic rings. The monoisotopic (exact) mass is 287 g/mol. The van der Waals surface area contributed by atoms with Crippen LogP contribution >= 0.6 is 0 Å². The first-order chi connectivity index (χ1) is 10.1. The van der Waals surface area contributed by atoms with Gasteiger partial charge in [-0.1, -0.05) is 12.1 Å². The lowest BCUT2D eigenvalue weighted by Gasteiger charge is -2.31. The van der Waals surface area contributed by atoms with Crippen LogP contribution in [0.2, 0.25) is 0 Å². The molecule has 0 bridgehead atoms. The third kappa shape index (κ3) is 2.93. The largest absolute Gasteiger partial charge is 0.352 e. The highest BCUT2D eigenvalue weighted by atomic mass is 16.2. The summed E-state index contributed by atoms with van der Waals surface area (Å²) in [6.45, 7) is 4.65. The molecule has 1 saturated heterocycles. The molecule has 1 unspecified atom stereocenters. The van der Waals surface area contributed by atoms with Gasteiger partial charge in [0.15, 0.2) is 0 Å². The second-order valence-electron chi connectivity index (χ2n) is 5.83. The topological polar surface area (TPSA) is 61.4 Å². The van der Waals surface area contributed by atoms with E-state index < -0.39 is 0 Å². The Morgan fingerprint density at radius 1 is 1.48 bits per heavy atom. The molecule has 0 aliphatic carbocycles. The Kier molecular flexibility index (Phi) is 3.92. The highest BCUT2D eigenvalue weighted by Gasteiger charge is 2.33. The van der Waals surface area contributed by atoms with Crippen LogP contribution < -0.4 is 10.6 Å². The van der Waals surface area contributed by atoms with Crippen LogP contribution in [0.4, 0.5) is 0 Å². The number of benzene rings is 1. The van der Waals surface area contributed by atoms with E-state index in [-0.39, 0.29) is 11.8 Å². The van der Waals surface area contributed by atoms with Gasteiger partial charge in [-0.3, -0.25) is 9.59 Å². The molecular weight excluding hydrogens is 266 g/mol. The molecule has 2 amide bonds. The summed E-state index contributed by atoms with van der Waals surface area (Å²) in [5.41, 5.74) is 2.93. The third-order valence-electron chi connectivity index (χ3n) is 4.25. The lowest BCUT2D eigenvalue weighted by Crippen LogP contribution is -2.46. The van der Waals surface area contributed by atoms with Crippen LogP contribution in [0.5, 0.6) is 0 Å². The summed E-state index contributed by atoms with van der Waals surface area (Å²) in [4.78, 5) is 25.5. The molecule has 2 N–H and O–H groups in total. The number of fused-ring (bicyclic) bond motifs is 1. The van der Waals surface area contributed by atoms with Crippen molar-refractivity contribution in [1.82, 2.24) is 15.5 Å². The van der Waals surface area contributed by atoms with Crippen LogP contribution in [0.15, 0.2) is 18.2 Å². The molecule has 5 heteroatoms. The van der Waals surface area contributed by atoms with E-state index in [9.17, 15) is 9.59 Å². The van der Waals surface area contributed by atoms with Crippen LogP contribution in [0.1, 0.15) is 41.3 Å². The Labute approximate surface area is 124 Å². The Morgan fingerprint density at radius 3 is 3.05 bits per heavy atom. The van der Waals surface area contributed by atoms with Crippen molar-refractivity contribution in [3.8, 4) is 0 Å². The quantitative estimate of drug-likeness (QED) is 0.873. The number of carbonyl (C=O) groups is 2. The maximum absolute atomic E-state index is 12.5. The van der Waals surface area contributed by atoms with E-state index >= 15 is 0 Å². The van der Waals surface area contributed by atoms with Crippen molar-refractivity contribution in [1.29, 1.82) is 0 Å². The van der Waals surface area contributed by atoms with Gasteiger partial charge in [0.2, 0.25) is 5.91 Å². The van der Waals surface area contributed by atoms with Gasteiger partial charge >= 0.3 is 0 Å². The number of rotatable bonds is 3. The molecule has 0 radical (unpaired) electrons. The highest BCUT2D eigenvalue weighted by molar-refractivity contribution is 5.98. The maximum Gasteiger partial charge on any atom is 0.254 e. The molecule has 1 aromatic rings. The Morgan fingerprint density at radius 2 is 2.33 bits per heavy atom. The zero-order valence-corrected chi connectivity index (χ0v) is 12.3. The second-order valence-corrected chi connectivity index (χ2v) is 5.83. The van der Waals surface area contributed by atoms with Crippen molar-refractivity contribution < 1.29 is 9.59 Å². The summed E-state index contributed by atoms with van der Waals surface area (Å²) in [7, 11) is 0. The summed E-state index contributed by atoms with van der Waals surface area (Å²) >= 11 is 0. The Balaban J connectivity index is 1.74. The van der Waals surface area contributed by atoms with Crippen molar-refractivity contribution in [2.24, 2.45) is 0 Å². The zero-order chi connectivity index (χ0) is 14.8. The number of piperidine rings is 1. The van der Waals surface area contributed by atoms with Gasteiger partial charge < -0.3 is 15.5 Å². The van der Waals surface area contributed by atoms with Crippen LogP contribution in [0, 0.1) is 0 Å². The summed E-state index contributed by atoms with van der Waals surface area (Å²) in [5, 5.41) is 6.15. The lowest BCUT2D eigenvalue weighted by molar-refractivity contribution is -0.119. The number of hydrogen-bond acceptors (Lipinski definition) is 3. The van der Waals surface area contributed by atoms with Gasteiger partial charge in [-0.25, -0.2) is 0 Å². The summed E-state index contributed by atoms with van der Waals surface area (Å²) in [6.07, 6.45) is 2.20. The second kappa shape index (κ2) is 5.85. The molecule has 1 fully saturated rings. The van der Waals surface area contributed by atoms with Crippen molar-refractivity contribution in [2.45, 2.75) is 38.9 Å². The third-order valence-corrected chi connectivity index (χ3v) is 4.25. The van der Waals surface area contributed by atoms with Gasteiger partial charge in [0.25, 0.3) is 5.91 Å². The minimum absolute atomic E-state index is 0.0403. The smallest absolute Gasteiger partial charge is 0.254 e. The van der Waals surface area contributed by atoms with Crippen LogP contribution in [-0.4, -0.2) is 35.8 Å². The fourth-order valence-corrected chi connectivity index (χ4v) is 3.13. The summed E-state index contributed by atoms with van der Waals surface area (Å²) in [6, 6.07) is 6.16. The van der Waals surface area contributed by atoms with Gasteiger partial charge in [0.05, 0.1) is 0 Å². The van der Waals surface area contributed by atoms with Crippen molar-refractivity contribution in [3.63, 3.8) is 0 Å². The fourth-order valence-electron chi connectivity index (χ4n) is 3.13. The van der Waals surface area contributed by atoms with E-state index in [4.69, 9.17) is 0 Å². The van der Waals surface area contributed by atoms with E-state index in [1.54, 1.807) is 0 Å². The molecule has 21 heavy (non-hydrogen) atoms. The van der Waals surface area contributed by atoms with Gasteiger partial charge in [0, 0.05) is 38.2 Å². The van der Waals surface area contributed by atoms with Crippen molar-refractivity contribution in [2.75, 3.05) is 13.1 Å². The molecule has 5 nitrogen and oxygen atoms in total. The fraction of sp³-hybridized carbons (Fsp3) is 0.500. The number of nitrogens with zero attached hydrogens (tertiary/aromatic N) is 1. The molecule has 0 saturated carbocycles. The van der Waals surface area contributed by atoms with Gasteiger partial charge in [-0.15, -0.1) is 0 Å². The standard InChI is InChI=1S/C16H21N3O2/c1-11(20)18-8-12-4-5-15-13(7-12)10-19(16(15)21)14-3-2-6-17-9-14/h4-5,7,14,17H,2-3,6,8-10H2,1H3,(H,18,20). The van der Waals surface area contributed by atoms with E-state index in [2.05, 4.69) is 10.6 Å². The minimum atomic E-state index is -0.0403. The first kappa shape index (κ1) is 14.1. The minimum Gasteiger partial charge on any atom is -0.352 e. The number of carbonyl (C=O) groups excluding carboxylic acids is 2. The Bertz CT molecular complexity index is 565. The predicted octanol–water partition coefficient (Wildman–Crippen LogP) is 1.03. The van der Waals surface area contributed by atoms with Crippen LogP contribution in [-0.2, 0) is 17.9 Å². The highest BCUT2D eigenvalue weighted by Crippen LogP contribution is 2.27. The molecule has 0 aromatic heterocycles. The van der Waals surface area contributed by atoms with E-state index in [0.29, 0.717) is 19.1 Å². The van der Waals surface area contributed by atoms with Crippen LogP contribution in [0.3, 0.4) is 0 Å². The number of hydrogen-bond donors (Lipinski definition) is 2. The lowest BCUT2D eigenvalue weighted by atomic mass is 10.1. The molecule has 0 spiro atoms. The van der Waals surface area contributed by atoms with Gasteiger partial charge in [-0.05, 0) is 36.6 Å². The summed E-state index contributed by atoms with van der Waals surface area (Å²) in [5.74, 6) is 0.103. The SMILES string of the molecule is CC(=O)NCc1ccc2c(c1)CN(C1CCCNC1)C2=O. The molecule has 2 aliphatic heterocycles. The Hall–Kier alpha value is -1.88. The van der Waals surface area contributed by atoms with E-state index in [1.807, 2.05) is 23.1 Å².